The maximum Gasteiger partial charge on any atom is 0.236 e. The number of carbonyl (C=O) groups is 1. The Hall–Kier alpha value is -1.12. The zero-order chi connectivity index (χ0) is 10.6. The fraction of sp³-hybridized carbons (Fsp3) is 0.778. The summed E-state index contributed by atoms with van der Waals surface area (Å²) in [6, 6.07) is 1.79. The van der Waals surface area contributed by atoms with Crippen molar-refractivity contribution in [3.63, 3.8) is 0 Å². The van der Waals surface area contributed by atoms with Crippen molar-refractivity contribution in [1.82, 2.24) is 4.90 Å². The lowest BCUT2D eigenvalue weighted by atomic mass is 10.3. The standard InChI is InChI=1S/C9H14N2O3/c1-2-14-8-6-11(5-7(8)12)9(13)3-4-10/h7-8,12H,2-3,5-6H2,1H3/t7-,8-/m0/s1. The molecule has 2 atom stereocenters. The van der Waals surface area contributed by atoms with Gasteiger partial charge in [0.1, 0.15) is 12.5 Å². The second-order valence-electron chi connectivity index (χ2n) is 3.19. The van der Waals surface area contributed by atoms with Gasteiger partial charge in [0, 0.05) is 19.7 Å². The summed E-state index contributed by atoms with van der Waals surface area (Å²) in [6.07, 6.45) is -1.06. The molecular formula is C9H14N2O3. The van der Waals surface area contributed by atoms with Crippen molar-refractivity contribution >= 4 is 5.91 Å². The highest BCUT2D eigenvalue weighted by molar-refractivity contribution is 5.78. The lowest BCUT2D eigenvalue weighted by Gasteiger charge is -2.14. The van der Waals surface area contributed by atoms with Gasteiger partial charge in [-0.25, -0.2) is 0 Å². The van der Waals surface area contributed by atoms with Crippen molar-refractivity contribution in [2.75, 3.05) is 19.7 Å². The molecule has 1 aliphatic heterocycles. The second kappa shape index (κ2) is 4.94. The van der Waals surface area contributed by atoms with Crippen LogP contribution in [0.3, 0.4) is 0 Å². The molecule has 1 rings (SSSR count). The van der Waals surface area contributed by atoms with E-state index in [0.717, 1.165) is 0 Å². The summed E-state index contributed by atoms with van der Waals surface area (Å²) in [5, 5.41) is 17.8. The molecule has 1 heterocycles. The maximum absolute atomic E-state index is 11.3. The van der Waals surface area contributed by atoms with Crippen LogP contribution < -0.4 is 0 Å². The van der Waals surface area contributed by atoms with Crippen LogP contribution in [0.5, 0.6) is 0 Å². The predicted octanol–water partition coefficient (Wildman–Crippen LogP) is -0.492. The number of carbonyl (C=O) groups excluding carboxylic acids is 1. The number of hydrogen-bond donors (Lipinski definition) is 1. The number of hydrogen-bond acceptors (Lipinski definition) is 4. The Bertz CT molecular complexity index is 249. The van der Waals surface area contributed by atoms with Crippen LogP contribution in [-0.2, 0) is 9.53 Å². The number of nitriles is 1. The van der Waals surface area contributed by atoms with Crippen molar-refractivity contribution in [2.24, 2.45) is 0 Å². The van der Waals surface area contributed by atoms with Crippen molar-refractivity contribution in [1.29, 1.82) is 5.26 Å². The number of ether oxygens (including phenoxy) is 1. The number of rotatable bonds is 3. The van der Waals surface area contributed by atoms with E-state index in [1.807, 2.05) is 6.92 Å². The van der Waals surface area contributed by atoms with Crippen LogP contribution in [0.4, 0.5) is 0 Å². The lowest BCUT2D eigenvalue weighted by Crippen LogP contribution is -2.29. The zero-order valence-corrected chi connectivity index (χ0v) is 8.14. The molecule has 0 spiro atoms. The van der Waals surface area contributed by atoms with Crippen LogP contribution in [0, 0.1) is 11.3 Å². The van der Waals surface area contributed by atoms with E-state index in [2.05, 4.69) is 0 Å². The van der Waals surface area contributed by atoms with Gasteiger partial charge >= 0.3 is 0 Å². The largest absolute Gasteiger partial charge is 0.388 e. The normalized spacial score (nSPS) is 26.2. The van der Waals surface area contributed by atoms with Gasteiger partial charge in [-0.15, -0.1) is 0 Å². The van der Waals surface area contributed by atoms with Crippen molar-refractivity contribution in [3.05, 3.63) is 0 Å². The Morgan fingerprint density at radius 3 is 3.00 bits per heavy atom. The van der Waals surface area contributed by atoms with E-state index in [4.69, 9.17) is 10.00 Å². The smallest absolute Gasteiger partial charge is 0.236 e. The van der Waals surface area contributed by atoms with Crippen LogP contribution in [0.15, 0.2) is 0 Å². The summed E-state index contributed by atoms with van der Waals surface area (Å²) in [7, 11) is 0. The quantitative estimate of drug-likeness (QED) is 0.664. The highest BCUT2D eigenvalue weighted by atomic mass is 16.5. The van der Waals surface area contributed by atoms with E-state index in [0.29, 0.717) is 13.2 Å². The molecule has 14 heavy (non-hydrogen) atoms. The molecule has 5 nitrogen and oxygen atoms in total. The zero-order valence-electron chi connectivity index (χ0n) is 8.14. The molecule has 0 radical (unpaired) electrons. The molecule has 0 aromatic carbocycles. The van der Waals surface area contributed by atoms with Gasteiger partial charge in [0.05, 0.1) is 12.2 Å². The molecule has 1 aliphatic rings. The molecule has 1 saturated heterocycles. The summed E-state index contributed by atoms with van der Waals surface area (Å²) in [5.41, 5.74) is 0. The van der Waals surface area contributed by atoms with Gasteiger partial charge < -0.3 is 14.7 Å². The summed E-state index contributed by atoms with van der Waals surface area (Å²) in [4.78, 5) is 12.7. The fourth-order valence-electron chi connectivity index (χ4n) is 1.52. The molecule has 1 N–H and O–H groups in total. The van der Waals surface area contributed by atoms with Gasteiger partial charge in [0.2, 0.25) is 5.91 Å². The van der Waals surface area contributed by atoms with Gasteiger partial charge in [-0.05, 0) is 6.92 Å². The molecule has 0 aromatic heterocycles. The SMILES string of the molecule is CCO[C@H]1CN(C(=O)CC#N)C[C@@H]1O. The van der Waals surface area contributed by atoms with Gasteiger partial charge in [0.25, 0.3) is 0 Å². The third-order valence-electron chi connectivity index (χ3n) is 2.20. The molecule has 0 aliphatic carbocycles. The Balaban J connectivity index is 2.46. The highest BCUT2D eigenvalue weighted by Gasteiger charge is 2.33. The topological polar surface area (TPSA) is 73.6 Å². The molecule has 1 amide bonds. The van der Waals surface area contributed by atoms with Crippen molar-refractivity contribution in [3.8, 4) is 6.07 Å². The molecule has 78 valence electrons. The summed E-state index contributed by atoms with van der Waals surface area (Å²) < 4.78 is 5.25. The Morgan fingerprint density at radius 2 is 2.43 bits per heavy atom. The van der Waals surface area contributed by atoms with Gasteiger partial charge in [0.15, 0.2) is 0 Å². The number of aliphatic hydroxyl groups is 1. The number of nitrogens with zero attached hydrogens (tertiary/aromatic N) is 2. The van der Waals surface area contributed by atoms with Crippen LogP contribution in [-0.4, -0.2) is 47.8 Å². The number of β-amino-alcohol motifs (C(OH)–C–C–N with tert-alkyl or cyclic N) is 1. The van der Waals surface area contributed by atoms with Gasteiger partial charge in [-0.1, -0.05) is 0 Å². The van der Waals surface area contributed by atoms with Crippen LogP contribution in [0.25, 0.3) is 0 Å². The highest BCUT2D eigenvalue weighted by Crippen LogP contribution is 2.14. The summed E-state index contributed by atoms with van der Waals surface area (Å²) >= 11 is 0. The van der Waals surface area contributed by atoms with E-state index < -0.39 is 6.10 Å². The maximum atomic E-state index is 11.3. The molecule has 0 saturated carbocycles. The lowest BCUT2D eigenvalue weighted by molar-refractivity contribution is -0.129. The van der Waals surface area contributed by atoms with E-state index in [1.54, 1.807) is 6.07 Å². The monoisotopic (exact) mass is 198 g/mol. The van der Waals surface area contributed by atoms with E-state index >= 15 is 0 Å². The average Bonchev–Trinajstić information content (AvgIpc) is 2.49. The van der Waals surface area contributed by atoms with E-state index in [-0.39, 0.29) is 25.0 Å². The van der Waals surface area contributed by atoms with E-state index in [1.165, 1.54) is 4.90 Å². The molecule has 1 fully saturated rings. The van der Waals surface area contributed by atoms with Gasteiger partial charge in [-0.3, -0.25) is 4.79 Å². The summed E-state index contributed by atoms with van der Waals surface area (Å²) in [6.45, 7) is 3.01. The second-order valence-corrected chi connectivity index (χ2v) is 3.19. The van der Waals surface area contributed by atoms with Crippen LogP contribution in [0.1, 0.15) is 13.3 Å². The number of aliphatic hydroxyl groups excluding tert-OH is 1. The molecule has 0 bridgehead atoms. The molecule has 0 aromatic rings. The van der Waals surface area contributed by atoms with Gasteiger partial charge in [-0.2, -0.15) is 5.26 Å². The van der Waals surface area contributed by atoms with E-state index in [9.17, 15) is 9.90 Å². The van der Waals surface area contributed by atoms with Crippen LogP contribution in [0.2, 0.25) is 0 Å². The Labute approximate surface area is 82.9 Å². The predicted molar refractivity (Wildman–Crippen MR) is 48.2 cm³/mol. The first-order valence-electron chi connectivity index (χ1n) is 4.63. The number of likely N-dealkylation sites (tertiary alicyclic amines) is 1. The molecular weight excluding hydrogens is 184 g/mol. The number of amides is 1. The fourth-order valence-corrected chi connectivity index (χ4v) is 1.52. The first-order valence-corrected chi connectivity index (χ1v) is 4.63. The van der Waals surface area contributed by atoms with Crippen LogP contribution >= 0.6 is 0 Å². The average molecular weight is 198 g/mol. The summed E-state index contributed by atoms with van der Waals surface area (Å²) in [5.74, 6) is -0.242. The first kappa shape index (κ1) is 11.0. The third-order valence-corrected chi connectivity index (χ3v) is 2.20. The van der Waals surface area contributed by atoms with Crippen molar-refractivity contribution in [2.45, 2.75) is 25.6 Å². The minimum Gasteiger partial charge on any atom is -0.388 e. The van der Waals surface area contributed by atoms with Crippen molar-refractivity contribution < 1.29 is 14.6 Å². The third kappa shape index (κ3) is 2.44. The molecule has 0 unspecified atom stereocenters. The minimum atomic E-state index is -0.627. The molecule has 5 heteroatoms. The Kier molecular flexibility index (Phi) is 3.86. The first-order chi connectivity index (χ1) is 6.69. The Morgan fingerprint density at radius 1 is 1.71 bits per heavy atom. The minimum absolute atomic E-state index is 0.133.